The zero-order valence-electron chi connectivity index (χ0n) is 18.2. The number of anilines is 1. The Bertz CT molecular complexity index is 1000. The van der Waals surface area contributed by atoms with Crippen molar-refractivity contribution in [1.29, 1.82) is 0 Å². The summed E-state index contributed by atoms with van der Waals surface area (Å²) in [5.74, 6) is -0.386. The summed E-state index contributed by atoms with van der Waals surface area (Å²) in [6.45, 7) is 6.92. The average molecular weight is 417 g/mol. The second-order valence-corrected chi connectivity index (χ2v) is 8.42. The number of rotatable bonds is 5. The predicted octanol–water partition coefficient (Wildman–Crippen LogP) is 5.75. The van der Waals surface area contributed by atoms with Crippen molar-refractivity contribution in [2.45, 2.75) is 39.3 Å². The molecule has 1 saturated heterocycles. The van der Waals surface area contributed by atoms with Crippen molar-refractivity contribution in [3.63, 3.8) is 0 Å². The molecule has 0 atom stereocenters. The van der Waals surface area contributed by atoms with Gasteiger partial charge in [-0.15, -0.1) is 0 Å². The van der Waals surface area contributed by atoms with E-state index in [0.717, 1.165) is 49.3 Å². The fourth-order valence-corrected chi connectivity index (χ4v) is 4.54. The zero-order valence-corrected chi connectivity index (χ0v) is 18.2. The lowest BCUT2D eigenvalue weighted by Crippen LogP contribution is -2.48. The Morgan fingerprint density at radius 1 is 0.903 bits per heavy atom. The lowest BCUT2D eigenvalue weighted by molar-refractivity contribution is 0.0958. The van der Waals surface area contributed by atoms with E-state index in [9.17, 15) is 9.18 Å². The number of benzene rings is 3. The molecule has 0 radical (unpaired) electrons. The Balaban J connectivity index is 1.58. The Kier molecular flexibility index (Phi) is 6.47. The molecule has 0 aromatic heterocycles. The van der Waals surface area contributed by atoms with Gasteiger partial charge in [0.1, 0.15) is 5.82 Å². The van der Waals surface area contributed by atoms with Crippen LogP contribution in [-0.4, -0.2) is 29.9 Å². The van der Waals surface area contributed by atoms with E-state index in [2.05, 4.69) is 55.1 Å². The van der Waals surface area contributed by atoms with Gasteiger partial charge in [0, 0.05) is 31.2 Å². The number of para-hydroxylation sites is 1. The van der Waals surface area contributed by atoms with E-state index >= 15 is 0 Å². The molecule has 3 aromatic carbocycles. The van der Waals surface area contributed by atoms with Gasteiger partial charge in [0.25, 0.3) is 5.91 Å². The van der Waals surface area contributed by atoms with Crippen LogP contribution in [0.1, 0.15) is 39.9 Å². The van der Waals surface area contributed by atoms with Gasteiger partial charge in [-0.25, -0.2) is 4.39 Å². The van der Waals surface area contributed by atoms with Crippen LogP contribution >= 0.6 is 0 Å². The van der Waals surface area contributed by atoms with E-state index in [-0.39, 0.29) is 17.8 Å². The lowest BCUT2D eigenvalue weighted by Gasteiger charge is -2.40. The van der Waals surface area contributed by atoms with Crippen LogP contribution in [-0.2, 0) is 6.54 Å². The third-order valence-corrected chi connectivity index (χ3v) is 6.16. The molecule has 3 nitrogen and oxygen atoms in total. The Morgan fingerprint density at radius 3 is 2.13 bits per heavy atom. The maximum absolute atomic E-state index is 13.6. The molecule has 1 aliphatic heterocycles. The van der Waals surface area contributed by atoms with Crippen LogP contribution in [0.15, 0.2) is 72.8 Å². The van der Waals surface area contributed by atoms with Crippen molar-refractivity contribution >= 4 is 11.6 Å². The largest absolute Gasteiger partial charge is 0.305 e. The first kappa shape index (κ1) is 21.3. The van der Waals surface area contributed by atoms with Crippen LogP contribution < -0.4 is 4.90 Å². The summed E-state index contributed by atoms with van der Waals surface area (Å²) in [7, 11) is 0. The van der Waals surface area contributed by atoms with Gasteiger partial charge in [-0.1, -0.05) is 48.5 Å². The monoisotopic (exact) mass is 416 g/mol. The van der Waals surface area contributed by atoms with E-state index in [1.807, 2.05) is 17.0 Å². The molecule has 0 spiro atoms. The molecule has 0 unspecified atom stereocenters. The highest BCUT2D eigenvalue weighted by Gasteiger charge is 2.31. The van der Waals surface area contributed by atoms with E-state index in [0.29, 0.717) is 5.56 Å². The fourth-order valence-electron chi connectivity index (χ4n) is 4.54. The zero-order chi connectivity index (χ0) is 21.8. The minimum Gasteiger partial charge on any atom is -0.305 e. The van der Waals surface area contributed by atoms with Gasteiger partial charge in [-0.3, -0.25) is 9.69 Å². The first-order valence-electron chi connectivity index (χ1n) is 10.9. The normalized spacial score (nSPS) is 15.1. The Morgan fingerprint density at radius 2 is 1.52 bits per heavy atom. The maximum atomic E-state index is 13.6. The van der Waals surface area contributed by atoms with Gasteiger partial charge < -0.3 is 4.90 Å². The van der Waals surface area contributed by atoms with Gasteiger partial charge in [0.2, 0.25) is 0 Å². The van der Waals surface area contributed by atoms with Crippen LogP contribution in [0.4, 0.5) is 10.1 Å². The lowest BCUT2D eigenvalue weighted by atomic mass is 9.97. The van der Waals surface area contributed by atoms with Crippen molar-refractivity contribution in [1.82, 2.24) is 4.90 Å². The first-order valence-corrected chi connectivity index (χ1v) is 10.9. The summed E-state index contributed by atoms with van der Waals surface area (Å²) < 4.78 is 13.4. The van der Waals surface area contributed by atoms with Crippen LogP contribution in [0.5, 0.6) is 0 Å². The molecule has 0 saturated carbocycles. The summed E-state index contributed by atoms with van der Waals surface area (Å²) >= 11 is 0. The molecule has 3 aromatic rings. The minimum atomic E-state index is -0.329. The topological polar surface area (TPSA) is 23.6 Å². The summed E-state index contributed by atoms with van der Waals surface area (Å²) in [6, 6.07) is 22.7. The van der Waals surface area contributed by atoms with Crippen LogP contribution in [0.2, 0.25) is 0 Å². The van der Waals surface area contributed by atoms with Crippen LogP contribution in [0, 0.1) is 19.7 Å². The van der Waals surface area contributed by atoms with E-state index in [1.54, 1.807) is 12.1 Å². The Labute approximate surface area is 184 Å². The van der Waals surface area contributed by atoms with E-state index < -0.39 is 0 Å². The number of carbonyl (C=O) groups excluding carboxylic acids is 1. The molecule has 0 aliphatic carbocycles. The molecule has 160 valence electrons. The van der Waals surface area contributed by atoms with Crippen LogP contribution in [0.25, 0.3) is 0 Å². The van der Waals surface area contributed by atoms with Crippen molar-refractivity contribution in [2.24, 2.45) is 0 Å². The number of hydrogen-bond acceptors (Lipinski definition) is 2. The van der Waals surface area contributed by atoms with Crippen molar-refractivity contribution in [3.8, 4) is 0 Å². The van der Waals surface area contributed by atoms with Gasteiger partial charge in [-0.05, 0) is 67.6 Å². The van der Waals surface area contributed by atoms with Gasteiger partial charge in [-0.2, -0.15) is 0 Å². The average Bonchev–Trinajstić information content (AvgIpc) is 2.78. The van der Waals surface area contributed by atoms with Crippen LogP contribution in [0.3, 0.4) is 0 Å². The molecule has 0 bridgehead atoms. The molecule has 1 aliphatic rings. The quantitative estimate of drug-likeness (QED) is 0.528. The smallest absolute Gasteiger partial charge is 0.258 e. The third-order valence-electron chi connectivity index (χ3n) is 6.16. The Hall–Kier alpha value is -2.98. The SMILES string of the molecule is Cc1cccc(C)c1N(C(=O)c1ccc(F)cc1)C1CCN(Cc2ccccc2)CC1. The highest BCUT2D eigenvalue weighted by molar-refractivity contribution is 6.07. The molecule has 1 fully saturated rings. The standard InChI is InChI=1S/C27H29FN2O/c1-20-7-6-8-21(2)26(20)30(27(31)23-11-13-24(28)14-12-23)25-15-17-29(18-16-25)19-22-9-4-3-5-10-22/h3-14,25H,15-19H2,1-2H3. The highest BCUT2D eigenvalue weighted by Crippen LogP contribution is 2.32. The number of halogens is 1. The number of aryl methyl sites for hydroxylation is 2. The fraction of sp³-hybridized carbons (Fsp3) is 0.296. The predicted molar refractivity (Wildman–Crippen MR) is 124 cm³/mol. The number of piperidine rings is 1. The maximum Gasteiger partial charge on any atom is 0.258 e. The summed E-state index contributed by atoms with van der Waals surface area (Å²) in [6.07, 6.45) is 1.82. The summed E-state index contributed by atoms with van der Waals surface area (Å²) in [5, 5.41) is 0. The number of carbonyl (C=O) groups is 1. The number of hydrogen-bond donors (Lipinski definition) is 0. The van der Waals surface area contributed by atoms with Gasteiger partial charge >= 0.3 is 0 Å². The third kappa shape index (κ3) is 4.86. The summed E-state index contributed by atoms with van der Waals surface area (Å²) in [5.41, 5.74) is 4.99. The second kappa shape index (κ2) is 9.44. The number of likely N-dealkylation sites (tertiary alicyclic amines) is 1. The van der Waals surface area contributed by atoms with Crippen molar-refractivity contribution in [2.75, 3.05) is 18.0 Å². The highest BCUT2D eigenvalue weighted by atomic mass is 19.1. The molecule has 1 heterocycles. The molecular formula is C27H29FN2O. The minimum absolute atomic E-state index is 0.0566. The van der Waals surface area contributed by atoms with Crippen molar-refractivity contribution in [3.05, 3.63) is 101 Å². The second-order valence-electron chi connectivity index (χ2n) is 8.42. The molecular weight excluding hydrogens is 387 g/mol. The van der Waals surface area contributed by atoms with E-state index in [4.69, 9.17) is 0 Å². The molecule has 31 heavy (non-hydrogen) atoms. The summed E-state index contributed by atoms with van der Waals surface area (Å²) in [4.78, 5) is 18.0. The number of nitrogens with zero attached hydrogens (tertiary/aromatic N) is 2. The van der Waals surface area contributed by atoms with Gasteiger partial charge in [0.05, 0.1) is 5.69 Å². The molecule has 1 amide bonds. The molecule has 4 rings (SSSR count). The number of amides is 1. The first-order chi connectivity index (χ1) is 15.0. The van der Waals surface area contributed by atoms with Gasteiger partial charge in [0.15, 0.2) is 0 Å². The molecule has 0 N–H and O–H groups in total. The molecule has 4 heteroatoms. The van der Waals surface area contributed by atoms with Crippen molar-refractivity contribution < 1.29 is 9.18 Å². The van der Waals surface area contributed by atoms with E-state index in [1.165, 1.54) is 17.7 Å².